The van der Waals surface area contributed by atoms with Gasteiger partial charge in [-0.3, -0.25) is 4.79 Å². The maximum Gasteiger partial charge on any atom is 0.223 e. The van der Waals surface area contributed by atoms with E-state index in [1.165, 1.54) is 12.8 Å². The Morgan fingerprint density at radius 1 is 1.17 bits per heavy atom. The molecule has 1 amide bonds. The van der Waals surface area contributed by atoms with E-state index in [0.29, 0.717) is 30.0 Å². The molecule has 0 aromatic rings. The summed E-state index contributed by atoms with van der Waals surface area (Å²) in [5.74, 6) is 0.981. The molecule has 3 nitrogen and oxygen atoms in total. The summed E-state index contributed by atoms with van der Waals surface area (Å²) in [4.78, 5) is 14.6. The maximum absolute atomic E-state index is 12.5. The largest absolute Gasteiger partial charge is 0.337 e. The van der Waals surface area contributed by atoms with Gasteiger partial charge in [0.25, 0.3) is 0 Å². The molecule has 0 aromatic carbocycles. The highest BCUT2D eigenvalue weighted by molar-refractivity contribution is 5.77. The first kappa shape index (κ1) is 13.9. The molecule has 2 atom stereocenters. The summed E-state index contributed by atoms with van der Waals surface area (Å²) in [6.45, 7) is 4.40. The molecule has 2 unspecified atom stereocenters. The van der Waals surface area contributed by atoms with Crippen molar-refractivity contribution in [2.24, 2.45) is 11.7 Å². The van der Waals surface area contributed by atoms with Gasteiger partial charge in [0.15, 0.2) is 0 Å². The Bertz CT molecular complexity index is 284. The standard InChI is InChI=1S/C15H28N2O/c1-3-14-9-4-11(2)17(14)15(18)10-12-5-7-13(16)8-6-12/h11-14H,3-10,16H2,1-2H3. The second-order valence-electron chi connectivity index (χ2n) is 6.27. The molecule has 2 rings (SSSR count). The molecule has 0 radical (unpaired) electrons. The lowest BCUT2D eigenvalue weighted by atomic mass is 9.84. The first-order chi connectivity index (χ1) is 8.61. The molecular weight excluding hydrogens is 224 g/mol. The van der Waals surface area contributed by atoms with Gasteiger partial charge in [-0.25, -0.2) is 0 Å². The predicted molar refractivity (Wildman–Crippen MR) is 74.2 cm³/mol. The van der Waals surface area contributed by atoms with Crippen LogP contribution in [0.4, 0.5) is 0 Å². The van der Waals surface area contributed by atoms with Crippen molar-refractivity contribution in [3.05, 3.63) is 0 Å². The molecule has 18 heavy (non-hydrogen) atoms. The van der Waals surface area contributed by atoms with Gasteiger partial charge in [-0.05, 0) is 57.8 Å². The summed E-state index contributed by atoms with van der Waals surface area (Å²) < 4.78 is 0. The van der Waals surface area contributed by atoms with Crippen LogP contribution in [0.3, 0.4) is 0 Å². The SMILES string of the molecule is CCC1CCC(C)N1C(=O)CC1CCC(N)CC1. The van der Waals surface area contributed by atoms with E-state index < -0.39 is 0 Å². The maximum atomic E-state index is 12.5. The van der Waals surface area contributed by atoms with Crippen LogP contribution in [0.15, 0.2) is 0 Å². The van der Waals surface area contributed by atoms with Crippen LogP contribution >= 0.6 is 0 Å². The third-order valence-corrected chi connectivity index (χ3v) is 4.90. The Balaban J connectivity index is 1.87. The van der Waals surface area contributed by atoms with Crippen LogP contribution in [0.1, 0.15) is 65.2 Å². The van der Waals surface area contributed by atoms with Gasteiger partial charge in [0, 0.05) is 24.5 Å². The minimum Gasteiger partial charge on any atom is -0.337 e. The van der Waals surface area contributed by atoms with E-state index in [2.05, 4.69) is 18.7 Å². The van der Waals surface area contributed by atoms with Gasteiger partial charge >= 0.3 is 0 Å². The zero-order valence-electron chi connectivity index (χ0n) is 11.9. The molecule has 0 bridgehead atoms. The fourth-order valence-corrected chi connectivity index (χ4v) is 3.67. The smallest absolute Gasteiger partial charge is 0.223 e. The number of carbonyl (C=O) groups is 1. The number of likely N-dealkylation sites (tertiary alicyclic amines) is 1. The number of rotatable bonds is 3. The van der Waals surface area contributed by atoms with E-state index in [9.17, 15) is 4.79 Å². The molecule has 1 saturated carbocycles. The number of nitrogens with zero attached hydrogens (tertiary/aromatic N) is 1. The van der Waals surface area contributed by atoms with Crippen molar-refractivity contribution in [3.63, 3.8) is 0 Å². The molecule has 1 heterocycles. The summed E-state index contributed by atoms with van der Waals surface area (Å²) in [7, 11) is 0. The second kappa shape index (κ2) is 6.05. The van der Waals surface area contributed by atoms with Crippen molar-refractivity contribution in [1.29, 1.82) is 0 Å². The molecule has 0 aromatic heterocycles. The van der Waals surface area contributed by atoms with Gasteiger partial charge in [-0.2, -0.15) is 0 Å². The van der Waals surface area contributed by atoms with E-state index in [4.69, 9.17) is 5.73 Å². The van der Waals surface area contributed by atoms with Crippen molar-refractivity contribution >= 4 is 5.91 Å². The lowest BCUT2D eigenvalue weighted by Gasteiger charge is -2.31. The van der Waals surface area contributed by atoms with Crippen LogP contribution in [-0.4, -0.2) is 28.9 Å². The Hall–Kier alpha value is -0.570. The van der Waals surface area contributed by atoms with Gasteiger partial charge in [-0.15, -0.1) is 0 Å². The lowest BCUT2D eigenvalue weighted by Crippen LogP contribution is -2.41. The zero-order chi connectivity index (χ0) is 13.1. The van der Waals surface area contributed by atoms with Crippen LogP contribution < -0.4 is 5.73 Å². The Kier molecular flexibility index (Phi) is 4.66. The van der Waals surface area contributed by atoms with Crippen molar-refractivity contribution in [2.45, 2.75) is 83.3 Å². The minimum absolute atomic E-state index is 0.380. The van der Waals surface area contributed by atoms with Crippen LogP contribution in [0.25, 0.3) is 0 Å². The van der Waals surface area contributed by atoms with Crippen LogP contribution in [0.2, 0.25) is 0 Å². The first-order valence-corrected chi connectivity index (χ1v) is 7.68. The van der Waals surface area contributed by atoms with E-state index >= 15 is 0 Å². The van der Waals surface area contributed by atoms with Crippen LogP contribution in [-0.2, 0) is 4.79 Å². The Morgan fingerprint density at radius 2 is 1.83 bits per heavy atom. The molecule has 1 aliphatic heterocycles. The third kappa shape index (κ3) is 3.05. The Morgan fingerprint density at radius 3 is 2.44 bits per heavy atom. The molecular formula is C15H28N2O. The molecule has 1 saturated heterocycles. The van der Waals surface area contributed by atoms with Gasteiger partial charge in [0.2, 0.25) is 5.91 Å². The lowest BCUT2D eigenvalue weighted by molar-refractivity contribution is -0.135. The predicted octanol–water partition coefficient (Wildman–Crippen LogP) is 2.68. The molecule has 104 valence electrons. The molecule has 0 spiro atoms. The van der Waals surface area contributed by atoms with Crippen molar-refractivity contribution in [1.82, 2.24) is 4.90 Å². The fraction of sp³-hybridized carbons (Fsp3) is 0.933. The van der Waals surface area contributed by atoms with Crippen molar-refractivity contribution in [3.8, 4) is 0 Å². The van der Waals surface area contributed by atoms with Crippen molar-refractivity contribution < 1.29 is 4.79 Å². The van der Waals surface area contributed by atoms with Crippen LogP contribution in [0, 0.1) is 5.92 Å². The van der Waals surface area contributed by atoms with Gasteiger partial charge < -0.3 is 10.6 Å². The summed E-state index contributed by atoms with van der Waals surface area (Å²) in [5.41, 5.74) is 5.92. The number of carbonyl (C=O) groups excluding carboxylic acids is 1. The number of amides is 1. The third-order valence-electron chi connectivity index (χ3n) is 4.90. The minimum atomic E-state index is 0.380. The topological polar surface area (TPSA) is 46.3 Å². The molecule has 2 fully saturated rings. The van der Waals surface area contributed by atoms with Gasteiger partial charge in [0.05, 0.1) is 0 Å². The summed E-state index contributed by atoms with van der Waals surface area (Å²) in [5, 5.41) is 0. The molecule has 1 aliphatic carbocycles. The zero-order valence-corrected chi connectivity index (χ0v) is 11.9. The monoisotopic (exact) mass is 252 g/mol. The summed E-state index contributed by atoms with van der Waals surface area (Å²) in [6, 6.07) is 1.33. The number of nitrogens with two attached hydrogens (primary N) is 1. The van der Waals surface area contributed by atoms with Gasteiger partial charge in [-0.1, -0.05) is 6.92 Å². The highest BCUT2D eigenvalue weighted by Gasteiger charge is 2.34. The van der Waals surface area contributed by atoms with E-state index in [-0.39, 0.29) is 0 Å². The van der Waals surface area contributed by atoms with E-state index in [1.807, 2.05) is 0 Å². The highest BCUT2D eigenvalue weighted by Crippen LogP contribution is 2.31. The fourth-order valence-electron chi connectivity index (χ4n) is 3.67. The van der Waals surface area contributed by atoms with E-state index in [0.717, 1.165) is 38.5 Å². The Labute approximate surface area is 111 Å². The van der Waals surface area contributed by atoms with Crippen molar-refractivity contribution in [2.75, 3.05) is 0 Å². The number of hydrogen-bond acceptors (Lipinski definition) is 2. The van der Waals surface area contributed by atoms with Crippen LogP contribution in [0.5, 0.6) is 0 Å². The normalized spacial score (nSPS) is 36.9. The van der Waals surface area contributed by atoms with E-state index in [1.54, 1.807) is 0 Å². The molecule has 2 N–H and O–H groups in total. The summed E-state index contributed by atoms with van der Waals surface area (Å²) in [6.07, 6.45) is 8.73. The summed E-state index contributed by atoms with van der Waals surface area (Å²) >= 11 is 0. The first-order valence-electron chi connectivity index (χ1n) is 7.68. The number of hydrogen-bond donors (Lipinski definition) is 1. The quantitative estimate of drug-likeness (QED) is 0.839. The van der Waals surface area contributed by atoms with Gasteiger partial charge in [0.1, 0.15) is 0 Å². The molecule has 2 aliphatic rings. The average Bonchev–Trinajstić information content (AvgIpc) is 2.73. The average molecular weight is 252 g/mol. The molecule has 3 heteroatoms. The second-order valence-corrected chi connectivity index (χ2v) is 6.27. The highest BCUT2D eigenvalue weighted by atomic mass is 16.2.